The molecular weight excluding hydrogens is 295 g/mol. The lowest BCUT2D eigenvalue weighted by atomic mass is 10.4. The van der Waals surface area contributed by atoms with Crippen molar-refractivity contribution < 1.29 is 4.74 Å². The van der Waals surface area contributed by atoms with Gasteiger partial charge in [0.25, 0.3) is 0 Å². The van der Waals surface area contributed by atoms with Crippen LogP contribution in [0, 0.1) is 10.5 Å². The van der Waals surface area contributed by atoms with E-state index in [1.54, 1.807) is 7.11 Å². The highest BCUT2D eigenvalue weighted by Gasteiger charge is 2.06. The minimum atomic E-state index is 0.294. The summed E-state index contributed by atoms with van der Waals surface area (Å²) in [4.78, 5) is 8.15. The molecule has 0 aromatic carbocycles. The second kappa shape index (κ2) is 5.30. The lowest BCUT2D eigenvalue weighted by Gasteiger charge is -2.08. The van der Waals surface area contributed by atoms with E-state index in [1.807, 2.05) is 6.92 Å². The van der Waals surface area contributed by atoms with Gasteiger partial charge in [-0.05, 0) is 29.5 Å². The van der Waals surface area contributed by atoms with Crippen molar-refractivity contribution in [3.63, 3.8) is 0 Å². The van der Waals surface area contributed by atoms with Gasteiger partial charge < -0.3 is 15.8 Å². The number of aryl methyl sites for hydroxylation is 1. The molecular formula is C8H13IN4O. The monoisotopic (exact) mass is 308 g/mol. The van der Waals surface area contributed by atoms with Crippen LogP contribution in [0.4, 0.5) is 11.8 Å². The Kier molecular flexibility index (Phi) is 4.33. The molecule has 14 heavy (non-hydrogen) atoms. The molecule has 1 aromatic heterocycles. The largest absolute Gasteiger partial charge is 0.383 e. The van der Waals surface area contributed by atoms with Crippen molar-refractivity contribution in [2.24, 2.45) is 0 Å². The van der Waals surface area contributed by atoms with E-state index in [1.165, 1.54) is 0 Å². The Morgan fingerprint density at radius 3 is 2.86 bits per heavy atom. The third-order valence-electron chi connectivity index (χ3n) is 1.63. The summed E-state index contributed by atoms with van der Waals surface area (Å²) in [5.74, 6) is 1.07. The van der Waals surface area contributed by atoms with E-state index >= 15 is 0 Å². The molecule has 0 atom stereocenters. The number of ether oxygens (including phenoxy) is 1. The second-order valence-electron chi connectivity index (χ2n) is 2.75. The van der Waals surface area contributed by atoms with Crippen LogP contribution in [0.1, 0.15) is 5.69 Å². The van der Waals surface area contributed by atoms with Gasteiger partial charge in [-0.3, -0.25) is 0 Å². The first-order chi connectivity index (χ1) is 6.65. The Balaban J connectivity index is 2.75. The van der Waals surface area contributed by atoms with Crippen LogP contribution in [0.5, 0.6) is 0 Å². The van der Waals surface area contributed by atoms with Crippen LogP contribution >= 0.6 is 22.6 Å². The zero-order valence-electron chi connectivity index (χ0n) is 8.17. The Morgan fingerprint density at radius 1 is 1.50 bits per heavy atom. The van der Waals surface area contributed by atoms with Crippen LogP contribution in [0.15, 0.2) is 0 Å². The summed E-state index contributed by atoms with van der Waals surface area (Å²) in [6, 6.07) is 0. The molecule has 0 aliphatic rings. The van der Waals surface area contributed by atoms with Crippen LogP contribution in [-0.2, 0) is 4.74 Å². The van der Waals surface area contributed by atoms with E-state index in [0.717, 1.165) is 15.1 Å². The van der Waals surface area contributed by atoms with Gasteiger partial charge in [0.1, 0.15) is 5.82 Å². The van der Waals surface area contributed by atoms with Gasteiger partial charge >= 0.3 is 0 Å². The highest BCUT2D eigenvalue weighted by Crippen LogP contribution is 2.18. The third-order valence-corrected chi connectivity index (χ3v) is 2.92. The average Bonchev–Trinajstić information content (AvgIpc) is 2.13. The molecule has 1 aromatic rings. The van der Waals surface area contributed by atoms with E-state index in [9.17, 15) is 0 Å². The van der Waals surface area contributed by atoms with Crippen LogP contribution < -0.4 is 11.1 Å². The second-order valence-corrected chi connectivity index (χ2v) is 3.83. The molecule has 0 saturated carbocycles. The Hall–Kier alpha value is -0.630. The first kappa shape index (κ1) is 11.4. The summed E-state index contributed by atoms with van der Waals surface area (Å²) in [6.45, 7) is 3.25. The van der Waals surface area contributed by atoms with Gasteiger partial charge in [-0.2, -0.15) is 4.98 Å². The molecule has 0 aliphatic heterocycles. The SMILES string of the molecule is COCCNc1nc(N)nc(C)c1I. The molecule has 0 radical (unpaired) electrons. The Morgan fingerprint density at radius 2 is 2.21 bits per heavy atom. The molecule has 78 valence electrons. The van der Waals surface area contributed by atoms with E-state index in [0.29, 0.717) is 19.1 Å². The van der Waals surface area contributed by atoms with E-state index in [2.05, 4.69) is 37.9 Å². The van der Waals surface area contributed by atoms with Crippen LogP contribution in [0.2, 0.25) is 0 Å². The highest BCUT2D eigenvalue weighted by atomic mass is 127. The van der Waals surface area contributed by atoms with Crippen molar-refractivity contribution in [1.82, 2.24) is 9.97 Å². The summed E-state index contributed by atoms with van der Waals surface area (Å²) in [6.07, 6.45) is 0. The zero-order valence-corrected chi connectivity index (χ0v) is 10.3. The molecule has 3 N–H and O–H groups in total. The summed E-state index contributed by atoms with van der Waals surface area (Å²) in [5.41, 5.74) is 6.42. The molecule has 5 nitrogen and oxygen atoms in total. The molecule has 1 heterocycles. The lowest BCUT2D eigenvalue weighted by Crippen LogP contribution is -2.12. The van der Waals surface area contributed by atoms with Crippen molar-refractivity contribution in [2.45, 2.75) is 6.92 Å². The number of anilines is 2. The summed E-state index contributed by atoms with van der Waals surface area (Å²) >= 11 is 2.19. The number of rotatable bonds is 4. The fraction of sp³-hybridized carbons (Fsp3) is 0.500. The predicted molar refractivity (Wildman–Crippen MR) is 64.3 cm³/mol. The predicted octanol–water partition coefficient (Wildman–Crippen LogP) is 1.03. The van der Waals surface area contributed by atoms with Gasteiger partial charge in [0.05, 0.1) is 15.9 Å². The topological polar surface area (TPSA) is 73.1 Å². The number of halogens is 1. The number of aromatic nitrogens is 2. The number of nitrogens with two attached hydrogens (primary N) is 1. The van der Waals surface area contributed by atoms with Crippen molar-refractivity contribution in [3.05, 3.63) is 9.26 Å². The normalized spacial score (nSPS) is 10.2. The first-order valence-electron chi connectivity index (χ1n) is 4.17. The van der Waals surface area contributed by atoms with Crippen molar-refractivity contribution in [1.29, 1.82) is 0 Å². The smallest absolute Gasteiger partial charge is 0.222 e. The maximum absolute atomic E-state index is 5.54. The summed E-state index contributed by atoms with van der Waals surface area (Å²) in [7, 11) is 1.66. The number of methoxy groups -OCH3 is 1. The van der Waals surface area contributed by atoms with Crippen LogP contribution in [0.3, 0.4) is 0 Å². The van der Waals surface area contributed by atoms with Gasteiger partial charge in [0.15, 0.2) is 0 Å². The van der Waals surface area contributed by atoms with Crippen molar-refractivity contribution >= 4 is 34.4 Å². The molecule has 0 fully saturated rings. The molecule has 0 aliphatic carbocycles. The van der Waals surface area contributed by atoms with Crippen LogP contribution in [-0.4, -0.2) is 30.2 Å². The molecule has 0 spiro atoms. The molecule has 0 amide bonds. The minimum absolute atomic E-state index is 0.294. The molecule has 6 heteroatoms. The maximum Gasteiger partial charge on any atom is 0.222 e. The number of nitrogen functional groups attached to an aromatic ring is 1. The lowest BCUT2D eigenvalue weighted by molar-refractivity contribution is 0.210. The van der Waals surface area contributed by atoms with Gasteiger partial charge in [0.2, 0.25) is 5.95 Å². The quantitative estimate of drug-likeness (QED) is 0.642. The molecule has 0 unspecified atom stereocenters. The third kappa shape index (κ3) is 2.95. The number of hydrogen-bond donors (Lipinski definition) is 2. The van der Waals surface area contributed by atoms with Crippen molar-refractivity contribution in [2.75, 3.05) is 31.3 Å². The summed E-state index contributed by atoms with van der Waals surface area (Å²) < 4.78 is 5.92. The molecule has 0 saturated heterocycles. The van der Waals surface area contributed by atoms with Gasteiger partial charge in [-0.25, -0.2) is 4.98 Å². The molecule has 1 rings (SSSR count). The van der Waals surface area contributed by atoms with E-state index in [-0.39, 0.29) is 0 Å². The number of hydrogen-bond acceptors (Lipinski definition) is 5. The Labute approximate surface area is 96.6 Å². The van der Waals surface area contributed by atoms with Gasteiger partial charge in [0, 0.05) is 13.7 Å². The molecule has 0 bridgehead atoms. The number of nitrogens with zero attached hydrogens (tertiary/aromatic N) is 2. The minimum Gasteiger partial charge on any atom is -0.383 e. The fourth-order valence-corrected chi connectivity index (χ4v) is 1.40. The maximum atomic E-state index is 5.54. The Bertz CT molecular complexity index is 318. The average molecular weight is 308 g/mol. The number of nitrogens with one attached hydrogen (secondary N) is 1. The summed E-state index contributed by atoms with van der Waals surface area (Å²) in [5, 5.41) is 3.13. The van der Waals surface area contributed by atoms with Gasteiger partial charge in [-0.15, -0.1) is 0 Å². The van der Waals surface area contributed by atoms with Crippen molar-refractivity contribution in [3.8, 4) is 0 Å². The van der Waals surface area contributed by atoms with Crippen LogP contribution in [0.25, 0.3) is 0 Å². The van der Waals surface area contributed by atoms with Gasteiger partial charge in [-0.1, -0.05) is 0 Å². The standard InChI is InChI=1S/C8H13IN4O/c1-5-6(9)7(11-3-4-14-2)13-8(10)12-5/h3-4H2,1-2H3,(H3,10,11,12,13). The van der Waals surface area contributed by atoms with E-state index in [4.69, 9.17) is 10.5 Å². The highest BCUT2D eigenvalue weighted by molar-refractivity contribution is 14.1. The van der Waals surface area contributed by atoms with E-state index < -0.39 is 0 Å². The zero-order chi connectivity index (χ0) is 10.6. The fourth-order valence-electron chi connectivity index (χ4n) is 0.970. The first-order valence-corrected chi connectivity index (χ1v) is 5.25.